The van der Waals surface area contributed by atoms with Gasteiger partial charge in [-0.25, -0.2) is 13.4 Å². The van der Waals surface area contributed by atoms with Crippen LogP contribution >= 0.6 is 0 Å². The van der Waals surface area contributed by atoms with Crippen molar-refractivity contribution >= 4 is 10.0 Å². The van der Waals surface area contributed by atoms with Gasteiger partial charge >= 0.3 is 0 Å². The number of nitrogens with zero attached hydrogens (tertiary/aromatic N) is 4. The second-order valence-corrected chi connectivity index (χ2v) is 8.48. The highest BCUT2D eigenvalue weighted by Gasteiger charge is 2.39. The molecule has 0 atom stereocenters. The molecule has 3 heterocycles. The number of rotatable bonds is 5. The molecule has 0 amide bonds. The van der Waals surface area contributed by atoms with E-state index in [0.717, 1.165) is 17.1 Å². The second kappa shape index (κ2) is 6.66. The third kappa shape index (κ3) is 3.04. The zero-order valence-electron chi connectivity index (χ0n) is 14.5. The molecule has 1 fully saturated rings. The van der Waals surface area contributed by atoms with Crippen LogP contribution in [0.4, 0.5) is 0 Å². The highest BCUT2D eigenvalue weighted by atomic mass is 32.2. The molecular weight excluding hydrogens is 348 g/mol. The molecule has 134 valence electrons. The van der Waals surface area contributed by atoms with Crippen LogP contribution in [0.15, 0.2) is 66.0 Å². The quantitative estimate of drug-likeness (QED) is 0.694. The van der Waals surface area contributed by atoms with E-state index in [-0.39, 0.29) is 5.92 Å². The maximum absolute atomic E-state index is 12.7. The van der Waals surface area contributed by atoms with Gasteiger partial charge in [-0.15, -0.1) is 0 Å². The van der Waals surface area contributed by atoms with E-state index in [0.29, 0.717) is 24.5 Å². The number of pyridine rings is 1. The maximum atomic E-state index is 12.7. The normalized spacial score (nSPS) is 15.7. The molecule has 1 aromatic carbocycles. The molecule has 1 saturated heterocycles. The predicted molar refractivity (Wildman–Crippen MR) is 98.2 cm³/mol. The smallest absolute Gasteiger partial charge is 0.243 e. The van der Waals surface area contributed by atoms with Gasteiger partial charge in [-0.05, 0) is 30.7 Å². The van der Waals surface area contributed by atoms with Crippen LogP contribution in [-0.4, -0.2) is 40.3 Å². The molecule has 0 radical (unpaired) electrons. The topological polar surface area (TPSA) is 68.1 Å². The Bertz CT molecular complexity index is 995. The summed E-state index contributed by atoms with van der Waals surface area (Å²) in [7, 11) is -3.42. The lowest BCUT2D eigenvalue weighted by Gasteiger charge is -2.37. The fraction of sp³-hybridized carbons (Fsp3) is 0.263. The number of sulfonamides is 1. The van der Waals surface area contributed by atoms with Crippen molar-refractivity contribution in [3.05, 3.63) is 78.1 Å². The van der Waals surface area contributed by atoms with Crippen LogP contribution in [0.5, 0.6) is 0 Å². The standard InChI is InChI=1S/C19H20N4O2S/c1-15-10-21-19(23(15)12-16-6-5-9-20-11-16)17-13-22(14-17)26(24,25)18-7-3-2-4-8-18/h2-11,17H,12-14H2,1H3. The monoisotopic (exact) mass is 368 g/mol. The van der Waals surface area contributed by atoms with Crippen LogP contribution < -0.4 is 0 Å². The van der Waals surface area contributed by atoms with Crippen molar-refractivity contribution in [3.8, 4) is 0 Å². The van der Waals surface area contributed by atoms with E-state index in [1.165, 1.54) is 4.31 Å². The summed E-state index contributed by atoms with van der Waals surface area (Å²) in [5.41, 5.74) is 2.16. The number of imidazole rings is 1. The van der Waals surface area contributed by atoms with Gasteiger partial charge in [0.2, 0.25) is 10.0 Å². The van der Waals surface area contributed by atoms with Gasteiger partial charge in [0.05, 0.1) is 11.4 Å². The molecule has 6 nitrogen and oxygen atoms in total. The lowest BCUT2D eigenvalue weighted by molar-refractivity contribution is 0.251. The van der Waals surface area contributed by atoms with Gasteiger partial charge in [-0.1, -0.05) is 24.3 Å². The molecule has 4 rings (SSSR count). The van der Waals surface area contributed by atoms with Crippen molar-refractivity contribution in [1.82, 2.24) is 18.8 Å². The van der Waals surface area contributed by atoms with Gasteiger partial charge in [0, 0.05) is 43.3 Å². The minimum atomic E-state index is -3.42. The van der Waals surface area contributed by atoms with Crippen LogP contribution in [0.1, 0.15) is 23.0 Å². The molecule has 2 aromatic heterocycles. The number of benzene rings is 1. The predicted octanol–water partition coefficient (Wildman–Crippen LogP) is 2.42. The summed E-state index contributed by atoms with van der Waals surface area (Å²) in [5, 5.41) is 0. The largest absolute Gasteiger partial charge is 0.328 e. The lowest BCUT2D eigenvalue weighted by Crippen LogP contribution is -2.49. The summed E-state index contributed by atoms with van der Waals surface area (Å²) in [6.07, 6.45) is 5.44. The Labute approximate surface area is 153 Å². The highest BCUT2D eigenvalue weighted by molar-refractivity contribution is 7.89. The van der Waals surface area contributed by atoms with Crippen molar-refractivity contribution in [2.75, 3.05) is 13.1 Å². The first kappa shape index (κ1) is 16.9. The SMILES string of the molecule is Cc1cnc(C2CN(S(=O)(=O)c3ccccc3)C2)n1Cc1cccnc1. The second-order valence-electron chi connectivity index (χ2n) is 6.54. The van der Waals surface area contributed by atoms with Gasteiger partial charge in [-0.3, -0.25) is 4.98 Å². The first-order valence-electron chi connectivity index (χ1n) is 8.52. The van der Waals surface area contributed by atoms with Crippen LogP contribution in [0, 0.1) is 6.92 Å². The summed E-state index contributed by atoms with van der Waals surface area (Å²) in [4.78, 5) is 9.05. The number of aryl methyl sites for hydroxylation is 1. The first-order valence-corrected chi connectivity index (χ1v) is 9.96. The van der Waals surface area contributed by atoms with E-state index < -0.39 is 10.0 Å². The van der Waals surface area contributed by atoms with E-state index in [2.05, 4.69) is 14.5 Å². The van der Waals surface area contributed by atoms with E-state index in [1.54, 1.807) is 30.5 Å². The zero-order valence-corrected chi connectivity index (χ0v) is 15.3. The van der Waals surface area contributed by atoms with Gasteiger partial charge in [0.1, 0.15) is 5.82 Å². The lowest BCUT2D eigenvalue weighted by atomic mass is 10.0. The van der Waals surface area contributed by atoms with Crippen molar-refractivity contribution in [3.63, 3.8) is 0 Å². The third-order valence-electron chi connectivity index (χ3n) is 4.74. The Balaban J connectivity index is 1.52. The molecule has 26 heavy (non-hydrogen) atoms. The van der Waals surface area contributed by atoms with Crippen molar-refractivity contribution in [2.45, 2.75) is 24.3 Å². The summed E-state index contributed by atoms with van der Waals surface area (Å²) >= 11 is 0. The minimum Gasteiger partial charge on any atom is -0.328 e. The molecular formula is C19H20N4O2S. The molecule has 1 aliphatic rings. The van der Waals surface area contributed by atoms with Crippen LogP contribution in [0.3, 0.4) is 0 Å². The van der Waals surface area contributed by atoms with E-state index in [9.17, 15) is 8.42 Å². The van der Waals surface area contributed by atoms with Crippen LogP contribution in [-0.2, 0) is 16.6 Å². The Morgan fingerprint density at radius 2 is 1.85 bits per heavy atom. The minimum absolute atomic E-state index is 0.110. The molecule has 1 aliphatic heterocycles. The summed E-state index contributed by atoms with van der Waals surface area (Å²) in [6, 6.07) is 12.5. The Morgan fingerprint density at radius 1 is 1.08 bits per heavy atom. The molecule has 0 spiro atoms. The van der Waals surface area contributed by atoms with Crippen molar-refractivity contribution in [2.24, 2.45) is 0 Å². The molecule has 7 heteroatoms. The molecule has 3 aromatic rings. The molecule has 0 aliphatic carbocycles. The number of hydrogen-bond acceptors (Lipinski definition) is 4. The van der Waals surface area contributed by atoms with Crippen molar-refractivity contribution < 1.29 is 8.42 Å². The van der Waals surface area contributed by atoms with E-state index >= 15 is 0 Å². The highest BCUT2D eigenvalue weighted by Crippen LogP contribution is 2.32. The molecule has 0 saturated carbocycles. The fourth-order valence-electron chi connectivity index (χ4n) is 3.22. The third-order valence-corrected chi connectivity index (χ3v) is 6.59. The number of hydrogen-bond donors (Lipinski definition) is 0. The average Bonchev–Trinajstić information content (AvgIpc) is 2.96. The van der Waals surface area contributed by atoms with Crippen LogP contribution in [0.25, 0.3) is 0 Å². The maximum Gasteiger partial charge on any atom is 0.243 e. The Morgan fingerprint density at radius 3 is 2.54 bits per heavy atom. The van der Waals surface area contributed by atoms with Gasteiger partial charge in [-0.2, -0.15) is 4.31 Å². The van der Waals surface area contributed by atoms with E-state index in [1.807, 2.05) is 37.5 Å². The summed E-state index contributed by atoms with van der Waals surface area (Å²) in [6.45, 7) is 3.63. The summed E-state index contributed by atoms with van der Waals surface area (Å²) < 4.78 is 29.0. The first-order chi connectivity index (χ1) is 12.6. The number of aromatic nitrogens is 3. The molecule has 0 bridgehead atoms. The van der Waals surface area contributed by atoms with Gasteiger partial charge in [0.25, 0.3) is 0 Å². The fourth-order valence-corrected chi connectivity index (χ4v) is 4.78. The van der Waals surface area contributed by atoms with Crippen molar-refractivity contribution in [1.29, 1.82) is 0 Å². The Kier molecular flexibility index (Phi) is 4.34. The average molecular weight is 368 g/mol. The Hall–Kier alpha value is -2.51. The zero-order chi connectivity index (χ0) is 18.1. The van der Waals surface area contributed by atoms with Crippen LogP contribution in [0.2, 0.25) is 0 Å². The van der Waals surface area contributed by atoms with E-state index in [4.69, 9.17) is 0 Å². The molecule has 0 unspecified atom stereocenters. The van der Waals surface area contributed by atoms with Gasteiger partial charge < -0.3 is 4.57 Å². The summed E-state index contributed by atoms with van der Waals surface area (Å²) in [5.74, 6) is 1.05. The van der Waals surface area contributed by atoms with Gasteiger partial charge in [0.15, 0.2) is 0 Å². The molecule has 0 N–H and O–H groups in total.